The van der Waals surface area contributed by atoms with Crippen molar-refractivity contribution in [3.63, 3.8) is 0 Å². The van der Waals surface area contributed by atoms with Gasteiger partial charge in [0.25, 0.3) is 0 Å². The minimum atomic E-state index is -0.319. The van der Waals surface area contributed by atoms with Crippen molar-refractivity contribution in [2.45, 2.75) is 32.6 Å². The Morgan fingerprint density at radius 2 is 0.845 bits per heavy atom. The van der Waals surface area contributed by atoms with Crippen LogP contribution in [-0.4, -0.2) is 28.7 Å². The molecule has 6 aromatic heterocycles. The van der Waals surface area contributed by atoms with Crippen LogP contribution >= 0.6 is 0 Å². The molecule has 0 aliphatic heterocycles. The zero-order valence-electron chi connectivity index (χ0n) is 53.1. The quantitative estimate of drug-likeness (QED) is 0.115. The van der Waals surface area contributed by atoms with Gasteiger partial charge < -0.3 is 22.5 Å². The summed E-state index contributed by atoms with van der Waals surface area (Å²) in [6.45, 7) is 4.00. The summed E-state index contributed by atoms with van der Waals surface area (Å²) in [5.41, 5.74) is 16.1. The average molecular weight is 1250 g/mol. The fraction of sp³-hybridized carbons (Fsp3) is 0.0920. The van der Waals surface area contributed by atoms with Gasteiger partial charge in [-0.2, -0.15) is 0 Å². The van der Waals surface area contributed by atoms with Gasteiger partial charge in [-0.15, -0.1) is 0 Å². The van der Waals surface area contributed by atoms with Crippen molar-refractivity contribution in [2.24, 2.45) is 17.8 Å². The third-order valence-corrected chi connectivity index (χ3v) is 20.1. The van der Waals surface area contributed by atoms with Gasteiger partial charge in [0.05, 0.1) is 43.9 Å². The van der Waals surface area contributed by atoms with E-state index in [1.807, 2.05) is 135 Å². The van der Waals surface area contributed by atoms with Crippen LogP contribution < -0.4 is 11.3 Å². The Balaban J connectivity index is 0.000000133. The Kier molecular flexibility index (Phi) is 12.9. The largest absolute Gasteiger partial charge is 0.423 e. The molecule has 0 spiro atoms. The molecule has 4 aliphatic carbocycles. The van der Waals surface area contributed by atoms with Crippen LogP contribution in [0.15, 0.2) is 291 Å². The monoisotopic (exact) mass is 1250 g/mol. The first-order valence-corrected chi connectivity index (χ1v) is 33.5. The number of para-hydroxylation sites is 4. The Hall–Kier alpha value is -12.3. The summed E-state index contributed by atoms with van der Waals surface area (Å²) in [5.74, 6) is 4.75. The minimum absolute atomic E-state index is 0.304. The Bertz CT molecular complexity index is 6310. The maximum Gasteiger partial charge on any atom is 0.344 e. The van der Waals surface area contributed by atoms with Crippen molar-refractivity contribution in [1.82, 2.24) is 28.7 Å². The lowest BCUT2D eigenvalue weighted by atomic mass is 9.95. The number of allylic oxidation sites excluding steroid dienone is 5. The van der Waals surface area contributed by atoms with E-state index in [4.69, 9.17) is 23.8 Å². The molecule has 2 saturated carbocycles. The SMILES string of the molecule is CC.O=c1oc2c(c3c1ccc1c4ccccc4n(-c4cccc(-c5nc(-c6ccccc6)nc(-c6ccccc6)n5)c4)c13)C1CC1C=C2.O=c1oc2ccccc2c2c1ccc1c3ccc(-c4ccc5c6ccccc6n(C6=CC7CC7C=C6)c5c4)cc3n(-c3ccccc3)c12. The van der Waals surface area contributed by atoms with Crippen molar-refractivity contribution in [3.05, 3.63) is 305 Å². The average Bonchev–Trinajstić information content (AvgIpc) is 1.58. The highest BCUT2D eigenvalue weighted by molar-refractivity contribution is 6.25. The van der Waals surface area contributed by atoms with Gasteiger partial charge in [-0.05, 0) is 127 Å². The molecule has 6 heterocycles. The standard InChI is InChI=1S/C44H28N2O2.C41H26N4O2.C2H6/c47-44-37-21-20-35-34-19-16-28(25-40(34)46(30-8-2-1-3-9-30)43(35)42(37)36-11-5-7-13-41(36)48-44)27-15-18-33-32-10-4-6-12-38(32)45(39(33)24-27)31-17-14-26-22-29(26)23-31;46-41-31-20-19-30-29-16-7-8-17-33(29)45(37(30)36(31)35-32-23-26(32)18-21-34(35)47-41)28-15-9-14-27(22-28)40-43-38(24-10-3-1-4-11-24)42-39(44-40)25-12-5-2-6-13-25;1-2/h1-21,23-26,29H,22H2;1-22,26,32H,23H2;1-2H3. The number of aromatic nitrogens is 6. The third kappa shape index (κ3) is 9.04. The molecule has 2 fully saturated rings. The Morgan fingerprint density at radius 1 is 0.361 bits per heavy atom. The maximum absolute atomic E-state index is 13.4. The number of fused-ring (bicyclic) bond motifs is 20. The van der Waals surface area contributed by atoms with Gasteiger partial charge in [-0.3, -0.25) is 0 Å². The van der Waals surface area contributed by atoms with E-state index in [0.717, 1.165) is 105 Å². The Morgan fingerprint density at radius 3 is 1.53 bits per heavy atom. The van der Waals surface area contributed by atoms with Crippen LogP contribution in [0.4, 0.5) is 0 Å². The summed E-state index contributed by atoms with van der Waals surface area (Å²) < 4.78 is 18.7. The summed E-state index contributed by atoms with van der Waals surface area (Å²) in [6.07, 6.45) is 13.7. The first-order valence-electron chi connectivity index (χ1n) is 33.5. The lowest BCUT2D eigenvalue weighted by Gasteiger charge is -2.16. The van der Waals surface area contributed by atoms with Crippen LogP contribution in [0.25, 0.3) is 166 Å². The molecule has 0 bridgehead atoms. The predicted octanol–water partition coefficient (Wildman–Crippen LogP) is 21.1. The van der Waals surface area contributed by atoms with Crippen molar-refractivity contribution < 1.29 is 8.83 Å². The van der Waals surface area contributed by atoms with Gasteiger partial charge in [0.2, 0.25) is 0 Å². The summed E-state index contributed by atoms with van der Waals surface area (Å²) in [5, 5.41) is 11.1. The number of hydrogen-bond donors (Lipinski definition) is 0. The smallest absolute Gasteiger partial charge is 0.344 e. The molecule has 10 nitrogen and oxygen atoms in total. The predicted molar refractivity (Wildman–Crippen MR) is 396 cm³/mol. The van der Waals surface area contributed by atoms with Crippen LogP contribution in [0, 0.1) is 17.8 Å². The first kappa shape index (κ1) is 56.3. The van der Waals surface area contributed by atoms with Gasteiger partial charge >= 0.3 is 11.3 Å². The number of benzene rings is 11. The van der Waals surface area contributed by atoms with Gasteiger partial charge in [0.1, 0.15) is 11.3 Å². The molecule has 4 atom stereocenters. The van der Waals surface area contributed by atoms with E-state index < -0.39 is 0 Å². The number of hydrogen-bond acceptors (Lipinski definition) is 7. The fourth-order valence-electron chi connectivity index (χ4n) is 15.5. The lowest BCUT2D eigenvalue weighted by Crippen LogP contribution is -2.07. The number of nitrogens with zero attached hydrogens (tertiary/aromatic N) is 6. The molecule has 0 saturated heterocycles. The fourth-order valence-corrected chi connectivity index (χ4v) is 15.5. The second-order valence-electron chi connectivity index (χ2n) is 25.6. The summed E-state index contributed by atoms with van der Waals surface area (Å²) in [7, 11) is 0. The van der Waals surface area contributed by atoms with E-state index in [9.17, 15) is 9.59 Å². The summed E-state index contributed by atoms with van der Waals surface area (Å²) >= 11 is 0. The second-order valence-corrected chi connectivity index (χ2v) is 25.6. The molecular formula is C87H60N6O4. The van der Waals surface area contributed by atoms with Crippen LogP contribution in [0.2, 0.25) is 0 Å². The third-order valence-electron chi connectivity index (χ3n) is 20.1. The molecule has 462 valence electrons. The minimum Gasteiger partial charge on any atom is -0.423 e. The van der Waals surface area contributed by atoms with E-state index >= 15 is 0 Å². The second kappa shape index (κ2) is 22.2. The van der Waals surface area contributed by atoms with Gasteiger partial charge in [0.15, 0.2) is 17.5 Å². The Labute approximate surface area is 556 Å². The molecule has 4 aliphatic rings. The van der Waals surface area contributed by atoms with E-state index in [1.165, 1.54) is 39.5 Å². The van der Waals surface area contributed by atoms with Gasteiger partial charge in [-0.1, -0.05) is 214 Å². The highest BCUT2D eigenvalue weighted by atomic mass is 16.4. The van der Waals surface area contributed by atoms with E-state index in [1.54, 1.807) is 0 Å². The van der Waals surface area contributed by atoms with Gasteiger partial charge in [0, 0.05) is 87.8 Å². The molecule has 11 aromatic carbocycles. The van der Waals surface area contributed by atoms with Crippen LogP contribution in [0.5, 0.6) is 0 Å². The molecule has 10 heteroatoms. The van der Waals surface area contributed by atoms with Crippen LogP contribution in [0.1, 0.15) is 43.9 Å². The van der Waals surface area contributed by atoms with E-state index in [2.05, 4.69) is 171 Å². The van der Waals surface area contributed by atoms with Crippen LogP contribution in [0.3, 0.4) is 0 Å². The topological polar surface area (TPSA) is 114 Å². The van der Waals surface area contributed by atoms with E-state index in [0.29, 0.717) is 63.3 Å². The van der Waals surface area contributed by atoms with Crippen LogP contribution in [-0.2, 0) is 0 Å². The van der Waals surface area contributed by atoms with Gasteiger partial charge in [-0.25, -0.2) is 24.5 Å². The van der Waals surface area contributed by atoms with E-state index in [-0.39, 0.29) is 11.3 Å². The molecule has 17 aromatic rings. The molecule has 4 unspecified atom stereocenters. The molecule has 21 rings (SSSR count). The van der Waals surface area contributed by atoms with Crippen molar-refractivity contribution in [2.75, 3.05) is 0 Å². The lowest BCUT2D eigenvalue weighted by molar-refractivity contribution is 0.501. The first-order chi connectivity index (χ1) is 47.9. The molecular weight excluding hydrogens is 1190 g/mol. The zero-order valence-corrected chi connectivity index (χ0v) is 53.1. The molecule has 0 amide bonds. The van der Waals surface area contributed by atoms with Crippen molar-refractivity contribution >= 4 is 110 Å². The highest BCUT2D eigenvalue weighted by Crippen LogP contribution is 2.56. The zero-order chi connectivity index (χ0) is 64.6. The summed E-state index contributed by atoms with van der Waals surface area (Å²) in [6, 6.07) is 85.5. The molecule has 0 radical (unpaired) electrons. The normalized spacial score (nSPS) is 16.5. The molecule has 0 N–H and O–H groups in total. The molecule has 97 heavy (non-hydrogen) atoms. The number of rotatable bonds is 7. The summed E-state index contributed by atoms with van der Waals surface area (Å²) in [4.78, 5) is 41.5. The maximum atomic E-state index is 13.4. The van der Waals surface area contributed by atoms with Crippen molar-refractivity contribution in [3.8, 4) is 56.7 Å². The highest BCUT2D eigenvalue weighted by Gasteiger charge is 2.43. The van der Waals surface area contributed by atoms with Crippen molar-refractivity contribution in [1.29, 1.82) is 0 Å².